The van der Waals surface area contributed by atoms with E-state index in [9.17, 15) is 0 Å². The van der Waals surface area contributed by atoms with Crippen LogP contribution in [0.1, 0.15) is 25.0 Å². The highest BCUT2D eigenvalue weighted by atomic mass is 14.5. The van der Waals surface area contributed by atoms with E-state index in [4.69, 9.17) is 5.73 Å². The smallest absolute Gasteiger partial charge is 0.0317 e. The lowest BCUT2D eigenvalue weighted by atomic mass is 9.78. The normalized spacial score (nSPS) is 11.4. The number of rotatable bonds is 2. The number of anilines is 1. The Hall–Kier alpha value is -1.76. The first kappa shape index (κ1) is 10.7. The van der Waals surface area contributed by atoms with Gasteiger partial charge in [-0.3, -0.25) is 0 Å². The van der Waals surface area contributed by atoms with Gasteiger partial charge in [0.15, 0.2) is 0 Å². The molecule has 0 aromatic heterocycles. The lowest BCUT2D eigenvalue weighted by Crippen LogP contribution is -2.18. The van der Waals surface area contributed by atoms with Crippen LogP contribution in [0.5, 0.6) is 0 Å². The van der Waals surface area contributed by atoms with Crippen LogP contribution in [-0.4, -0.2) is 0 Å². The third kappa shape index (κ3) is 1.94. The third-order valence-corrected chi connectivity index (χ3v) is 3.10. The fourth-order valence-corrected chi connectivity index (χ4v) is 1.95. The van der Waals surface area contributed by atoms with Crippen molar-refractivity contribution >= 4 is 5.69 Å². The summed E-state index contributed by atoms with van der Waals surface area (Å²) in [5.74, 6) is 0. The van der Waals surface area contributed by atoms with E-state index in [-0.39, 0.29) is 5.41 Å². The van der Waals surface area contributed by atoms with Gasteiger partial charge in [0, 0.05) is 11.1 Å². The predicted molar refractivity (Wildman–Crippen MR) is 69.4 cm³/mol. The van der Waals surface area contributed by atoms with Gasteiger partial charge in [-0.25, -0.2) is 0 Å². The molecule has 1 heteroatoms. The van der Waals surface area contributed by atoms with E-state index in [2.05, 4.69) is 44.2 Å². The minimum atomic E-state index is -0.00333. The topological polar surface area (TPSA) is 26.0 Å². The average molecular weight is 211 g/mol. The molecule has 0 aliphatic rings. The SMILES string of the molecule is CC(C)(c1ccccc1)c1cccc(N)c1. The van der Waals surface area contributed by atoms with Crippen LogP contribution in [0.3, 0.4) is 0 Å². The van der Waals surface area contributed by atoms with Crippen molar-refractivity contribution in [1.29, 1.82) is 0 Å². The lowest BCUT2D eigenvalue weighted by molar-refractivity contribution is 0.641. The Bertz CT molecular complexity index is 472. The maximum atomic E-state index is 5.83. The van der Waals surface area contributed by atoms with E-state index in [0.717, 1.165) is 5.69 Å². The van der Waals surface area contributed by atoms with Crippen LogP contribution in [0.15, 0.2) is 54.6 Å². The molecule has 0 fully saturated rings. The van der Waals surface area contributed by atoms with E-state index in [1.54, 1.807) is 0 Å². The van der Waals surface area contributed by atoms with E-state index >= 15 is 0 Å². The molecule has 0 aliphatic carbocycles. The van der Waals surface area contributed by atoms with E-state index in [0.29, 0.717) is 0 Å². The summed E-state index contributed by atoms with van der Waals surface area (Å²) >= 11 is 0. The molecule has 0 atom stereocenters. The summed E-state index contributed by atoms with van der Waals surface area (Å²) in [6, 6.07) is 18.6. The fourth-order valence-electron chi connectivity index (χ4n) is 1.95. The number of benzene rings is 2. The Morgan fingerprint density at radius 3 is 2.06 bits per heavy atom. The molecule has 0 heterocycles. The molecule has 2 N–H and O–H groups in total. The third-order valence-electron chi connectivity index (χ3n) is 3.10. The molecular formula is C15H17N. The Morgan fingerprint density at radius 1 is 0.812 bits per heavy atom. The van der Waals surface area contributed by atoms with Gasteiger partial charge in [0.1, 0.15) is 0 Å². The second-order valence-corrected chi connectivity index (χ2v) is 4.62. The van der Waals surface area contributed by atoms with Crippen molar-refractivity contribution in [2.75, 3.05) is 5.73 Å². The molecule has 0 unspecified atom stereocenters. The fraction of sp³-hybridized carbons (Fsp3) is 0.200. The van der Waals surface area contributed by atoms with Gasteiger partial charge in [0.2, 0.25) is 0 Å². The summed E-state index contributed by atoms with van der Waals surface area (Å²) in [5.41, 5.74) is 9.21. The van der Waals surface area contributed by atoms with E-state index in [1.165, 1.54) is 11.1 Å². The van der Waals surface area contributed by atoms with Crippen LogP contribution < -0.4 is 5.73 Å². The number of nitrogens with two attached hydrogens (primary N) is 1. The van der Waals surface area contributed by atoms with Crippen LogP contribution in [-0.2, 0) is 5.41 Å². The Balaban J connectivity index is 2.47. The molecule has 82 valence electrons. The summed E-state index contributed by atoms with van der Waals surface area (Å²) in [7, 11) is 0. The summed E-state index contributed by atoms with van der Waals surface area (Å²) in [4.78, 5) is 0. The highest BCUT2D eigenvalue weighted by Crippen LogP contribution is 2.31. The molecule has 2 aromatic rings. The molecule has 0 amide bonds. The van der Waals surface area contributed by atoms with Crippen molar-refractivity contribution in [1.82, 2.24) is 0 Å². The zero-order valence-corrected chi connectivity index (χ0v) is 9.77. The molecule has 2 rings (SSSR count). The standard InChI is InChI=1S/C15H17N/c1-15(2,12-7-4-3-5-8-12)13-9-6-10-14(16)11-13/h3-11H,16H2,1-2H3. The molecule has 0 saturated heterocycles. The molecular weight excluding hydrogens is 194 g/mol. The van der Waals surface area contributed by atoms with Crippen LogP contribution in [0.4, 0.5) is 5.69 Å². The Morgan fingerprint density at radius 2 is 1.44 bits per heavy atom. The van der Waals surface area contributed by atoms with Gasteiger partial charge in [-0.2, -0.15) is 0 Å². The number of hydrogen-bond donors (Lipinski definition) is 1. The van der Waals surface area contributed by atoms with Gasteiger partial charge in [-0.05, 0) is 23.3 Å². The van der Waals surface area contributed by atoms with Crippen LogP contribution in [0.25, 0.3) is 0 Å². The molecule has 0 radical (unpaired) electrons. The molecule has 0 saturated carbocycles. The zero-order chi connectivity index (χ0) is 11.6. The van der Waals surface area contributed by atoms with Gasteiger partial charge in [0.05, 0.1) is 0 Å². The first-order valence-electron chi connectivity index (χ1n) is 5.52. The van der Waals surface area contributed by atoms with Crippen molar-refractivity contribution in [3.8, 4) is 0 Å². The van der Waals surface area contributed by atoms with Crippen LogP contribution >= 0.6 is 0 Å². The van der Waals surface area contributed by atoms with Crippen molar-refractivity contribution in [3.63, 3.8) is 0 Å². The van der Waals surface area contributed by atoms with Crippen molar-refractivity contribution in [2.45, 2.75) is 19.3 Å². The first-order chi connectivity index (χ1) is 7.60. The highest BCUT2D eigenvalue weighted by molar-refractivity contribution is 5.46. The average Bonchev–Trinajstić information content (AvgIpc) is 2.30. The molecule has 0 spiro atoms. The summed E-state index contributed by atoms with van der Waals surface area (Å²) in [5, 5.41) is 0. The molecule has 0 bridgehead atoms. The predicted octanol–water partition coefficient (Wildman–Crippen LogP) is 3.59. The molecule has 2 aromatic carbocycles. The summed E-state index contributed by atoms with van der Waals surface area (Å²) in [6.07, 6.45) is 0. The second kappa shape index (κ2) is 4.01. The van der Waals surface area contributed by atoms with Crippen LogP contribution in [0, 0.1) is 0 Å². The number of nitrogen functional groups attached to an aromatic ring is 1. The quantitative estimate of drug-likeness (QED) is 0.755. The van der Waals surface area contributed by atoms with Gasteiger partial charge in [-0.1, -0.05) is 56.3 Å². The van der Waals surface area contributed by atoms with Gasteiger partial charge in [0.25, 0.3) is 0 Å². The van der Waals surface area contributed by atoms with Gasteiger partial charge >= 0.3 is 0 Å². The lowest BCUT2D eigenvalue weighted by Gasteiger charge is -2.26. The largest absolute Gasteiger partial charge is 0.399 e. The highest BCUT2D eigenvalue weighted by Gasteiger charge is 2.22. The van der Waals surface area contributed by atoms with Gasteiger partial charge in [-0.15, -0.1) is 0 Å². The maximum absolute atomic E-state index is 5.83. The maximum Gasteiger partial charge on any atom is 0.0317 e. The van der Waals surface area contributed by atoms with Crippen molar-refractivity contribution < 1.29 is 0 Å². The minimum absolute atomic E-state index is 0.00333. The Kier molecular flexibility index (Phi) is 2.69. The molecule has 1 nitrogen and oxygen atoms in total. The molecule has 0 aliphatic heterocycles. The monoisotopic (exact) mass is 211 g/mol. The zero-order valence-electron chi connectivity index (χ0n) is 9.77. The van der Waals surface area contributed by atoms with Gasteiger partial charge < -0.3 is 5.73 Å². The second-order valence-electron chi connectivity index (χ2n) is 4.62. The van der Waals surface area contributed by atoms with E-state index < -0.39 is 0 Å². The van der Waals surface area contributed by atoms with Crippen molar-refractivity contribution in [2.24, 2.45) is 0 Å². The summed E-state index contributed by atoms with van der Waals surface area (Å²) < 4.78 is 0. The summed E-state index contributed by atoms with van der Waals surface area (Å²) in [6.45, 7) is 4.44. The first-order valence-corrected chi connectivity index (χ1v) is 5.52. The number of hydrogen-bond acceptors (Lipinski definition) is 1. The Labute approximate surface area is 96.9 Å². The van der Waals surface area contributed by atoms with Crippen LogP contribution in [0.2, 0.25) is 0 Å². The van der Waals surface area contributed by atoms with E-state index in [1.807, 2.05) is 24.3 Å². The minimum Gasteiger partial charge on any atom is -0.399 e. The molecule has 16 heavy (non-hydrogen) atoms. The van der Waals surface area contributed by atoms with Crippen molar-refractivity contribution in [3.05, 3.63) is 65.7 Å².